The third kappa shape index (κ3) is 3.61. The van der Waals surface area contributed by atoms with E-state index < -0.39 is 0 Å². The Morgan fingerprint density at radius 3 is 2.73 bits per heavy atom. The molecule has 0 bridgehead atoms. The molecule has 0 aliphatic heterocycles. The Bertz CT molecular complexity index is 346. The quantitative estimate of drug-likeness (QED) is 0.739. The molecule has 0 saturated heterocycles. The highest BCUT2D eigenvalue weighted by molar-refractivity contribution is 7.99. The van der Waals surface area contributed by atoms with Gasteiger partial charge in [-0.15, -0.1) is 11.3 Å². The lowest BCUT2D eigenvalue weighted by molar-refractivity contribution is 0.102. The molecule has 2 nitrogen and oxygen atoms in total. The molecule has 0 aliphatic rings. The van der Waals surface area contributed by atoms with Gasteiger partial charge in [-0.25, -0.2) is 4.98 Å². The predicted molar refractivity (Wildman–Crippen MR) is 67.9 cm³/mol. The summed E-state index contributed by atoms with van der Waals surface area (Å²) in [6, 6.07) is 0. The van der Waals surface area contributed by atoms with Gasteiger partial charge >= 0.3 is 0 Å². The Kier molecular flexibility index (Phi) is 4.80. The molecule has 1 aromatic rings. The summed E-state index contributed by atoms with van der Waals surface area (Å²) in [5, 5.41) is 1.73. The lowest BCUT2D eigenvalue weighted by Gasteiger charge is -2.04. The van der Waals surface area contributed by atoms with Crippen LogP contribution in [0.25, 0.3) is 0 Å². The fourth-order valence-corrected chi connectivity index (χ4v) is 3.09. The molecular formula is C11H17NOS2. The summed E-state index contributed by atoms with van der Waals surface area (Å²) in [7, 11) is 0. The zero-order valence-corrected chi connectivity index (χ0v) is 11.3. The van der Waals surface area contributed by atoms with Crippen LogP contribution in [-0.2, 0) is 5.75 Å². The fourth-order valence-electron chi connectivity index (χ4n) is 1.17. The number of thiazole rings is 1. The number of rotatable bonds is 5. The highest BCUT2D eigenvalue weighted by atomic mass is 32.2. The number of hydrogen-bond acceptors (Lipinski definition) is 4. The second-order valence-corrected chi connectivity index (χ2v) is 6.12. The summed E-state index contributed by atoms with van der Waals surface area (Å²) in [5.41, 5.74) is 0.882. The number of aryl methyl sites for hydroxylation is 1. The Balaban J connectivity index is 2.63. The van der Waals surface area contributed by atoms with E-state index in [2.05, 4.69) is 18.8 Å². The van der Waals surface area contributed by atoms with Crippen LogP contribution in [0.15, 0.2) is 0 Å². The van der Waals surface area contributed by atoms with Crippen molar-refractivity contribution in [2.45, 2.75) is 45.1 Å². The van der Waals surface area contributed by atoms with Gasteiger partial charge in [0.1, 0.15) is 5.01 Å². The molecule has 1 heterocycles. The number of carbonyl (C=O) groups is 1. The average molecular weight is 243 g/mol. The summed E-state index contributed by atoms with van der Waals surface area (Å²) >= 11 is 3.44. The van der Waals surface area contributed by atoms with Gasteiger partial charge in [0, 0.05) is 17.9 Å². The van der Waals surface area contributed by atoms with Gasteiger partial charge in [0.25, 0.3) is 0 Å². The zero-order valence-electron chi connectivity index (χ0n) is 9.66. The molecule has 0 saturated carbocycles. The van der Waals surface area contributed by atoms with Crippen molar-refractivity contribution in [3.63, 3.8) is 0 Å². The van der Waals surface area contributed by atoms with E-state index in [1.54, 1.807) is 6.92 Å². The number of thioether (sulfide) groups is 1. The van der Waals surface area contributed by atoms with E-state index in [1.165, 1.54) is 17.8 Å². The van der Waals surface area contributed by atoms with Crippen LogP contribution in [0.5, 0.6) is 0 Å². The van der Waals surface area contributed by atoms with E-state index in [0.717, 1.165) is 21.3 Å². The van der Waals surface area contributed by atoms with Gasteiger partial charge < -0.3 is 0 Å². The van der Waals surface area contributed by atoms with Crippen LogP contribution in [0.3, 0.4) is 0 Å². The fraction of sp³-hybridized carbons (Fsp3) is 0.636. The summed E-state index contributed by atoms with van der Waals surface area (Å²) in [4.78, 5) is 16.5. The van der Waals surface area contributed by atoms with Crippen LogP contribution in [0, 0.1) is 6.92 Å². The highest BCUT2D eigenvalue weighted by Gasteiger charge is 2.11. The van der Waals surface area contributed by atoms with Crippen LogP contribution >= 0.6 is 23.1 Å². The molecule has 15 heavy (non-hydrogen) atoms. The van der Waals surface area contributed by atoms with Crippen molar-refractivity contribution in [2.24, 2.45) is 0 Å². The maximum absolute atomic E-state index is 11.2. The SMILES string of the molecule is CCC(C)SCc1nc(C)c(C(C)=O)s1. The number of Topliss-reactive ketones (excluding diaryl/α,β-unsaturated/α-hetero) is 1. The number of nitrogens with zero attached hydrogens (tertiary/aromatic N) is 1. The molecule has 0 N–H and O–H groups in total. The zero-order chi connectivity index (χ0) is 11.4. The second-order valence-electron chi connectivity index (χ2n) is 3.61. The first kappa shape index (κ1) is 12.7. The summed E-state index contributed by atoms with van der Waals surface area (Å²) in [6.07, 6.45) is 1.18. The van der Waals surface area contributed by atoms with Crippen LogP contribution in [-0.4, -0.2) is 16.0 Å². The first-order valence-electron chi connectivity index (χ1n) is 5.13. The van der Waals surface area contributed by atoms with E-state index in [4.69, 9.17) is 0 Å². The van der Waals surface area contributed by atoms with Crippen molar-refractivity contribution in [1.82, 2.24) is 4.98 Å². The molecule has 0 fully saturated rings. The van der Waals surface area contributed by atoms with Gasteiger partial charge in [-0.05, 0) is 13.3 Å². The molecule has 0 aromatic carbocycles. The standard InChI is InChI=1S/C11H17NOS2/c1-5-7(2)14-6-10-12-8(3)11(15-10)9(4)13/h7H,5-6H2,1-4H3. The van der Waals surface area contributed by atoms with E-state index in [0.29, 0.717) is 5.25 Å². The van der Waals surface area contributed by atoms with Crippen LogP contribution < -0.4 is 0 Å². The topological polar surface area (TPSA) is 30.0 Å². The summed E-state index contributed by atoms with van der Waals surface area (Å²) in [6.45, 7) is 7.92. The molecule has 4 heteroatoms. The number of hydrogen-bond donors (Lipinski definition) is 0. The molecule has 1 rings (SSSR count). The molecule has 1 unspecified atom stereocenters. The van der Waals surface area contributed by atoms with Crippen LogP contribution in [0.2, 0.25) is 0 Å². The molecule has 0 spiro atoms. The first-order chi connectivity index (χ1) is 7.04. The minimum atomic E-state index is 0.129. The third-order valence-electron chi connectivity index (χ3n) is 2.23. The first-order valence-corrected chi connectivity index (χ1v) is 7.00. The van der Waals surface area contributed by atoms with Gasteiger partial charge in [0.15, 0.2) is 5.78 Å². The predicted octanol–water partition coefficient (Wildman–Crippen LogP) is 3.69. The van der Waals surface area contributed by atoms with Gasteiger partial charge in [-0.3, -0.25) is 4.79 Å². The van der Waals surface area contributed by atoms with Crippen molar-refractivity contribution in [1.29, 1.82) is 0 Å². The van der Waals surface area contributed by atoms with Gasteiger partial charge in [-0.1, -0.05) is 13.8 Å². The van der Waals surface area contributed by atoms with Crippen LogP contribution in [0.4, 0.5) is 0 Å². The minimum absolute atomic E-state index is 0.129. The number of aromatic nitrogens is 1. The lowest BCUT2D eigenvalue weighted by atomic mass is 10.3. The Hall–Kier alpha value is -0.350. The number of ketones is 1. The number of carbonyl (C=O) groups excluding carboxylic acids is 1. The smallest absolute Gasteiger partial charge is 0.171 e. The van der Waals surface area contributed by atoms with E-state index >= 15 is 0 Å². The minimum Gasteiger partial charge on any atom is -0.294 e. The van der Waals surface area contributed by atoms with Gasteiger partial charge in [-0.2, -0.15) is 11.8 Å². The molecule has 0 amide bonds. The Morgan fingerprint density at radius 2 is 2.27 bits per heavy atom. The molecule has 0 radical (unpaired) electrons. The molecular weight excluding hydrogens is 226 g/mol. The van der Waals surface area contributed by atoms with E-state index in [1.807, 2.05) is 18.7 Å². The van der Waals surface area contributed by atoms with Crippen molar-refractivity contribution < 1.29 is 4.79 Å². The van der Waals surface area contributed by atoms with Crippen LogP contribution in [0.1, 0.15) is 47.6 Å². The lowest BCUT2D eigenvalue weighted by Crippen LogP contribution is -1.93. The van der Waals surface area contributed by atoms with E-state index in [9.17, 15) is 4.79 Å². The molecule has 1 aromatic heterocycles. The molecule has 84 valence electrons. The summed E-state index contributed by atoms with van der Waals surface area (Å²) in [5.74, 6) is 1.05. The maximum atomic E-state index is 11.2. The largest absolute Gasteiger partial charge is 0.294 e. The average Bonchev–Trinajstić information content (AvgIpc) is 2.56. The second kappa shape index (κ2) is 5.66. The Morgan fingerprint density at radius 1 is 1.60 bits per heavy atom. The van der Waals surface area contributed by atoms with Gasteiger partial charge in [0.05, 0.1) is 10.6 Å². The van der Waals surface area contributed by atoms with E-state index in [-0.39, 0.29) is 5.78 Å². The normalized spacial score (nSPS) is 12.8. The molecule has 0 aliphatic carbocycles. The monoisotopic (exact) mass is 243 g/mol. The highest BCUT2D eigenvalue weighted by Crippen LogP contribution is 2.25. The van der Waals surface area contributed by atoms with Crippen molar-refractivity contribution >= 4 is 28.9 Å². The van der Waals surface area contributed by atoms with Crippen molar-refractivity contribution in [3.8, 4) is 0 Å². The Labute approximate surface area is 99.5 Å². The van der Waals surface area contributed by atoms with Crippen molar-refractivity contribution in [3.05, 3.63) is 15.6 Å². The van der Waals surface area contributed by atoms with Crippen molar-refractivity contribution in [2.75, 3.05) is 0 Å². The molecule has 1 atom stereocenters. The summed E-state index contributed by atoms with van der Waals surface area (Å²) < 4.78 is 0. The third-order valence-corrected chi connectivity index (χ3v) is 5.01. The van der Waals surface area contributed by atoms with Gasteiger partial charge in [0.2, 0.25) is 0 Å². The maximum Gasteiger partial charge on any atom is 0.171 e.